The summed E-state index contributed by atoms with van der Waals surface area (Å²) in [6.45, 7) is 2.17. The number of methoxy groups -OCH3 is 1. The smallest absolute Gasteiger partial charge is 0.162 e. The van der Waals surface area contributed by atoms with E-state index in [-0.39, 0.29) is 6.10 Å². The predicted molar refractivity (Wildman–Crippen MR) is 73.5 cm³/mol. The van der Waals surface area contributed by atoms with Crippen LogP contribution in [0.2, 0.25) is 0 Å². The number of hydrogen-bond donors (Lipinski definition) is 0. The van der Waals surface area contributed by atoms with Crippen molar-refractivity contribution in [1.29, 1.82) is 5.26 Å². The Kier molecular flexibility index (Phi) is 4.64. The molecule has 1 aliphatic heterocycles. The first-order valence-electron chi connectivity index (χ1n) is 6.66. The minimum atomic E-state index is 0.202. The molecule has 1 fully saturated rings. The highest BCUT2D eigenvalue weighted by Gasteiger charge is 2.18. The van der Waals surface area contributed by atoms with Crippen LogP contribution in [0.1, 0.15) is 24.8 Å². The van der Waals surface area contributed by atoms with Gasteiger partial charge in [-0.1, -0.05) is 0 Å². The molecule has 1 saturated heterocycles. The molecule has 1 heterocycles. The lowest BCUT2D eigenvalue weighted by atomic mass is 10.1. The second-order valence-corrected chi connectivity index (χ2v) is 4.95. The molecule has 0 radical (unpaired) electrons. The summed E-state index contributed by atoms with van der Waals surface area (Å²) in [7, 11) is 3.76. The van der Waals surface area contributed by atoms with Gasteiger partial charge in [-0.3, -0.25) is 0 Å². The first-order chi connectivity index (χ1) is 9.22. The summed E-state index contributed by atoms with van der Waals surface area (Å²) in [6, 6.07) is 7.42. The van der Waals surface area contributed by atoms with E-state index in [2.05, 4.69) is 18.0 Å². The summed E-state index contributed by atoms with van der Waals surface area (Å²) >= 11 is 0. The van der Waals surface area contributed by atoms with Gasteiger partial charge in [-0.05, 0) is 45.0 Å². The number of benzene rings is 1. The Balaban J connectivity index is 2.11. The van der Waals surface area contributed by atoms with E-state index in [4.69, 9.17) is 14.7 Å². The van der Waals surface area contributed by atoms with Gasteiger partial charge in [0.2, 0.25) is 0 Å². The Hall–Kier alpha value is -1.73. The summed E-state index contributed by atoms with van der Waals surface area (Å²) in [6.07, 6.45) is 3.40. The summed E-state index contributed by atoms with van der Waals surface area (Å²) in [4.78, 5) is 2.33. The molecule has 0 N–H and O–H groups in total. The molecule has 1 aliphatic rings. The van der Waals surface area contributed by atoms with Crippen LogP contribution >= 0.6 is 0 Å². The van der Waals surface area contributed by atoms with Gasteiger partial charge >= 0.3 is 0 Å². The largest absolute Gasteiger partial charge is 0.493 e. The van der Waals surface area contributed by atoms with Crippen molar-refractivity contribution in [3.05, 3.63) is 23.8 Å². The van der Waals surface area contributed by atoms with E-state index in [0.717, 1.165) is 32.4 Å². The minimum absolute atomic E-state index is 0.202. The lowest BCUT2D eigenvalue weighted by molar-refractivity contribution is 0.176. The Morgan fingerprint density at radius 1 is 1.26 bits per heavy atom. The van der Waals surface area contributed by atoms with Gasteiger partial charge in [0.05, 0.1) is 18.7 Å². The highest BCUT2D eigenvalue weighted by molar-refractivity contribution is 5.46. The Morgan fingerprint density at radius 2 is 2.11 bits per heavy atom. The molecule has 4 nitrogen and oxygen atoms in total. The van der Waals surface area contributed by atoms with Gasteiger partial charge in [0.1, 0.15) is 6.10 Å². The van der Waals surface area contributed by atoms with Crippen molar-refractivity contribution in [2.75, 3.05) is 27.2 Å². The second kappa shape index (κ2) is 6.44. The van der Waals surface area contributed by atoms with Crippen molar-refractivity contribution < 1.29 is 9.47 Å². The highest BCUT2D eigenvalue weighted by Crippen LogP contribution is 2.30. The molecule has 1 atom stereocenters. The molecule has 0 aromatic heterocycles. The van der Waals surface area contributed by atoms with E-state index in [1.54, 1.807) is 25.3 Å². The fourth-order valence-electron chi connectivity index (χ4n) is 2.35. The van der Waals surface area contributed by atoms with Gasteiger partial charge in [-0.2, -0.15) is 5.26 Å². The van der Waals surface area contributed by atoms with E-state index < -0.39 is 0 Å². The van der Waals surface area contributed by atoms with Crippen molar-refractivity contribution in [1.82, 2.24) is 4.90 Å². The lowest BCUT2D eigenvalue weighted by Crippen LogP contribution is -2.21. The molecule has 1 unspecified atom stereocenters. The van der Waals surface area contributed by atoms with Gasteiger partial charge in [0, 0.05) is 12.6 Å². The van der Waals surface area contributed by atoms with Crippen LogP contribution in [0.4, 0.5) is 0 Å². The average Bonchev–Trinajstić information content (AvgIpc) is 2.63. The molecule has 19 heavy (non-hydrogen) atoms. The summed E-state index contributed by atoms with van der Waals surface area (Å²) < 4.78 is 11.3. The van der Waals surface area contributed by atoms with Crippen LogP contribution in [0.5, 0.6) is 11.5 Å². The molecule has 0 spiro atoms. The summed E-state index contributed by atoms with van der Waals surface area (Å²) in [5.74, 6) is 1.37. The maximum atomic E-state index is 8.96. The maximum Gasteiger partial charge on any atom is 0.162 e. The first kappa shape index (κ1) is 13.7. The van der Waals surface area contributed by atoms with Crippen LogP contribution < -0.4 is 9.47 Å². The molecule has 1 aromatic rings. The van der Waals surface area contributed by atoms with Crippen LogP contribution in [-0.4, -0.2) is 38.3 Å². The van der Waals surface area contributed by atoms with Gasteiger partial charge in [-0.15, -0.1) is 0 Å². The average molecular weight is 260 g/mol. The van der Waals surface area contributed by atoms with E-state index in [1.807, 2.05) is 0 Å². The Morgan fingerprint density at radius 3 is 2.84 bits per heavy atom. The monoisotopic (exact) mass is 260 g/mol. The van der Waals surface area contributed by atoms with Crippen molar-refractivity contribution in [3.8, 4) is 17.6 Å². The minimum Gasteiger partial charge on any atom is -0.493 e. The standard InChI is InChI=1S/C15H20N2O2/c1-17-8-3-4-13(7-9-17)19-15-10-12(11-16)5-6-14(15)18-2/h5-6,10,13H,3-4,7-9H2,1-2H3. The van der Waals surface area contributed by atoms with E-state index in [9.17, 15) is 0 Å². The molecule has 4 heteroatoms. The summed E-state index contributed by atoms with van der Waals surface area (Å²) in [5, 5.41) is 8.96. The van der Waals surface area contributed by atoms with Crippen LogP contribution in [0.25, 0.3) is 0 Å². The Bertz CT molecular complexity index is 468. The quantitative estimate of drug-likeness (QED) is 0.837. The van der Waals surface area contributed by atoms with Gasteiger partial charge in [-0.25, -0.2) is 0 Å². The SMILES string of the molecule is COc1ccc(C#N)cc1OC1CCCN(C)CC1. The molecule has 0 bridgehead atoms. The first-order valence-corrected chi connectivity index (χ1v) is 6.66. The van der Waals surface area contributed by atoms with Crippen molar-refractivity contribution in [2.24, 2.45) is 0 Å². The molecule has 2 rings (SSSR count). The number of likely N-dealkylation sites (tertiary alicyclic amines) is 1. The van der Waals surface area contributed by atoms with Gasteiger partial charge in [0.15, 0.2) is 11.5 Å². The summed E-state index contributed by atoms with van der Waals surface area (Å²) in [5.41, 5.74) is 0.599. The van der Waals surface area contributed by atoms with Crippen LogP contribution in [0.15, 0.2) is 18.2 Å². The molecule has 0 amide bonds. The van der Waals surface area contributed by atoms with Gasteiger partial charge < -0.3 is 14.4 Å². The molecule has 102 valence electrons. The zero-order chi connectivity index (χ0) is 13.7. The molecular weight excluding hydrogens is 240 g/mol. The third-order valence-corrected chi connectivity index (χ3v) is 3.49. The number of nitriles is 1. The fraction of sp³-hybridized carbons (Fsp3) is 0.533. The zero-order valence-electron chi connectivity index (χ0n) is 11.6. The third-order valence-electron chi connectivity index (χ3n) is 3.49. The van der Waals surface area contributed by atoms with Crippen molar-refractivity contribution in [2.45, 2.75) is 25.4 Å². The van der Waals surface area contributed by atoms with E-state index in [0.29, 0.717) is 17.1 Å². The third kappa shape index (κ3) is 3.62. The van der Waals surface area contributed by atoms with Crippen molar-refractivity contribution >= 4 is 0 Å². The maximum absolute atomic E-state index is 8.96. The second-order valence-electron chi connectivity index (χ2n) is 4.95. The molecular formula is C15H20N2O2. The number of rotatable bonds is 3. The predicted octanol–water partition coefficient (Wildman–Crippen LogP) is 2.43. The van der Waals surface area contributed by atoms with Gasteiger partial charge in [0.25, 0.3) is 0 Å². The number of hydrogen-bond acceptors (Lipinski definition) is 4. The lowest BCUT2D eigenvalue weighted by Gasteiger charge is -2.19. The molecule has 0 saturated carbocycles. The van der Waals surface area contributed by atoms with Crippen LogP contribution in [0.3, 0.4) is 0 Å². The normalized spacial score (nSPS) is 20.4. The van der Waals surface area contributed by atoms with E-state index >= 15 is 0 Å². The number of nitrogens with zero attached hydrogens (tertiary/aromatic N) is 2. The van der Waals surface area contributed by atoms with Crippen molar-refractivity contribution in [3.63, 3.8) is 0 Å². The van der Waals surface area contributed by atoms with Crippen LogP contribution in [0, 0.1) is 11.3 Å². The number of ether oxygens (including phenoxy) is 2. The zero-order valence-corrected chi connectivity index (χ0v) is 11.6. The fourth-order valence-corrected chi connectivity index (χ4v) is 2.35. The van der Waals surface area contributed by atoms with E-state index in [1.165, 1.54) is 0 Å². The molecule has 0 aliphatic carbocycles. The molecule has 1 aromatic carbocycles. The topological polar surface area (TPSA) is 45.5 Å². The Labute approximate surface area is 114 Å². The highest BCUT2D eigenvalue weighted by atomic mass is 16.5. The van der Waals surface area contributed by atoms with Crippen LogP contribution in [-0.2, 0) is 0 Å².